The molecule has 1 aliphatic rings. The van der Waals surface area contributed by atoms with E-state index in [0.29, 0.717) is 6.54 Å². The number of methoxy groups -OCH3 is 1. The molecule has 1 aromatic heterocycles. The minimum absolute atomic E-state index is 0. The molecule has 2 rings (SSSR count). The number of halogens is 1. The van der Waals surface area contributed by atoms with Crippen LogP contribution >= 0.6 is 35.3 Å². The smallest absolute Gasteiger partial charge is 0.308 e. The number of likely N-dealkylation sites (tertiary alicyclic amines) is 1. The molecule has 124 valence electrons. The Hall–Kier alpha value is -0.830. The molecule has 1 aromatic rings. The highest BCUT2D eigenvalue weighted by molar-refractivity contribution is 14.0. The van der Waals surface area contributed by atoms with E-state index in [4.69, 9.17) is 9.73 Å². The molecule has 0 aliphatic carbocycles. The van der Waals surface area contributed by atoms with Crippen LogP contribution in [-0.2, 0) is 16.1 Å². The summed E-state index contributed by atoms with van der Waals surface area (Å²) >= 11 is 1.69. The number of thiophene rings is 1. The number of carbonyl (C=O) groups is 1. The number of aliphatic imine (C=N–C) groups is 1. The number of guanidine groups is 1. The zero-order valence-electron chi connectivity index (χ0n) is 13.1. The maximum atomic E-state index is 11.6. The second-order valence-corrected chi connectivity index (χ2v) is 5.87. The Bertz CT molecular complexity index is 471. The summed E-state index contributed by atoms with van der Waals surface area (Å²) in [5.74, 6) is 0.882. The van der Waals surface area contributed by atoms with Crippen LogP contribution in [0.5, 0.6) is 0 Å². The lowest BCUT2D eigenvalue weighted by atomic mass is 9.97. The largest absolute Gasteiger partial charge is 0.469 e. The fourth-order valence-electron chi connectivity index (χ4n) is 2.47. The molecular formula is C15H24IN3O2S. The molecule has 1 saturated heterocycles. The molecule has 1 N–H and O–H groups in total. The lowest BCUT2D eigenvalue weighted by molar-refractivity contribution is -0.146. The van der Waals surface area contributed by atoms with Crippen LogP contribution in [-0.4, -0.2) is 43.6 Å². The van der Waals surface area contributed by atoms with E-state index in [0.717, 1.165) is 38.4 Å². The average molecular weight is 437 g/mol. The quantitative estimate of drug-likeness (QED) is 0.341. The second kappa shape index (κ2) is 10.0. The first-order valence-electron chi connectivity index (χ1n) is 7.36. The van der Waals surface area contributed by atoms with E-state index >= 15 is 0 Å². The zero-order valence-corrected chi connectivity index (χ0v) is 16.2. The minimum Gasteiger partial charge on any atom is -0.469 e. The van der Waals surface area contributed by atoms with Gasteiger partial charge in [0.15, 0.2) is 5.96 Å². The summed E-state index contributed by atoms with van der Waals surface area (Å²) in [5, 5.41) is 7.53. The van der Waals surface area contributed by atoms with Gasteiger partial charge in [-0.2, -0.15) is 11.3 Å². The summed E-state index contributed by atoms with van der Waals surface area (Å²) < 4.78 is 4.83. The Kier molecular flexibility index (Phi) is 8.77. The Labute approximate surface area is 153 Å². The maximum Gasteiger partial charge on any atom is 0.308 e. The topological polar surface area (TPSA) is 53.9 Å². The summed E-state index contributed by atoms with van der Waals surface area (Å²) in [5.41, 5.74) is 1.24. The molecule has 0 aromatic carbocycles. The van der Waals surface area contributed by atoms with Crippen LogP contribution in [0.25, 0.3) is 0 Å². The van der Waals surface area contributed by atoms with Crippen molar-refractivity contribution in [1.29, 1.82) is 0 Å². The van der Waals surface area contributed by atoms with Crippen LogP contribution < -0.4 is 5.32 Å². The zero-order chi connectivity index (χ0) is 15.1. The van der Waals surface area contributed by atoms with Crippen molar-refractivity contribution in [2.75, 3.05) is 26.7 Å². The first-order chi connectivity index (χ1) is 10.2. The first-order valence-corrected chi connectivity index (χ1v) is 8.31. The fraction of sp³-hybridized carbons (Fsp3) is 0.600. The number of nitrogens with one attached hydrogen (secondary N) is 1. The van der Waals surface area contributed by atoms with Gasteiger partial charge in [-0.3, -0.25) is 4.79 Å². The van der Waals surface area contributed by atoms with Gasteiger partial charge in [0.1, 0.15) is 0 Å². The van der Waals surface area contributed by atoms with E-state index in [1.165, 1.54) is 12.7 Å². The van der Waals surface area contributed by atoms with Crippen molar-refractivity contribution < 1.29 is 9.53 Å². The molecule has 5 nitrogen and oxygen atoms in total. The van der Waals surface area contributed by atoms with E-state index < -0.39 is 0 Å². The summed E-state index contributed by atoms with van der Waals surface area (Å²) in [4.78, 5) is 18.5. The molecule has 1 fully saturated rings. The molecule has 0 amide bonds. The molecule has 22 heavy (non-hydrogen) atoms. The van der Waals surface area contributed by atoms with Gasteiger partial charge in [-0.05, 0) is 42.2 Å². The monoisotopic (exact) mass is 437 g/mol. The van der Waals surface area contributed by atoms with Crippen LogP contribution in [0.3, 0.4) is 0 Å². The van der Waals surface area contributed by atoms with Gasteiger partial charge in [-0.25, -0.2) is 4.99 Å². The Morgan fingerprint density at radius 3 is 2.77 bits per heavy atom. The normalized spacial score (nSPS) is 16.1. The summed E-state index contributed by atoms with van der Waals surface area (Å²) in [6.07, 6.45) is 1.66. The van der Waals surface area contributed by atoms with Crippen LogP contribution in [0.15, 0.2) is 21.8 Å². The van der Waals surface area contributed by atoms with Crippen LogP contribution in [0.4, 0.5) is 0 Å². The molecule has 1 aliphatic heterocycles. The first kappa shape index (κ1) is 19.2. The van der Waals surface area contributed by atoms with Gasteiger partial charge in [-0.15, -0.1) is 24.0 Å². The van der Waals surface area contributed by atoms with Crippen molar-refractivity contribution in [1.82, 2.24) is 10.2 Å². The number of carbonyl (C=O) groups excluding carboxylic acids is 1. The Morgan fingerprint density at radius 1 is 1.50 bits per heavy atom. The number of nitrogens with zero attached hydrogens (tertiary/aromatic N) is 2. The Balaban J connectivity index is 0.00000242. The molecule has 0 atom stereocenters. The third-order valence-electron chi connectivity index (χ3n) is 3.66. The van der Waals surface area contributed by atoms with Gasteiger partial charge in [-0.1, -0.05) is 0 Å². The van der Waals surface area contributed by atoms with Crippen LogP contribution in [0.1, 0.15) is 25.3 Å². The van der Waals surface area contributed by atoms with E-state index in [1.54, 1.807) is 11.3 Å². The fourth-order valence-corrected chi connectivity index (χ4v) is 3.13. The maximum absolute atomic E-state index is 11.6. The van der Waals surface area contributed by atoms with E-state index in [-0.39, 0.29) is 35.9 Å². The number of hydrogen-bond acceptors (Lipinski definition) is 4. The van der Waals surface area contributed by atoms with Crippen molar-refractivity contribution in [3.05, 3.63) is 22.4 Å². The van der Waals surface area contributed by atoms with Crippen LogP contribution in [0, 0.1) is 5.92 Å². The van der Waals surface area contributed by atoms with Gasteiger partial charge in [0.25, 0.3) is 0 Å². The molecule has 0 radical (unpaired) electrons. The average Bonchev–Trinajstić information content (AvgIpc) is 3.04. The highest BCUT2D eigenvalue weighted by Gasteiger charge is 2.26. The van der Waals surface area contributed by atoms with E-state index in [1.807, 2.05) is 0 Å². The van der Waals surface area contributed by atoms with Crippen molar-refractivity contribution in [2.45, 2.75) is 26.3 Å². The molecule has 2 heterocycles. The number of rotatable bonds is 4. The SMILES string of the molecule is CCNC(=NCc1ccsc1)N1CCC(C(=O)OC)CC1.I. The van der Waals surface area contributed by atoms with Crippen molar-refractivity contribution >= 4 is 47.2 Å². The van der Waals surface area contributed by atoms with Crippen LogP contribution in [0.2, 0.25) is 0 Å². The van der Waals surface area contributed by atoms with Crippen molar-refractivity contribution in [3.8, 4) is 0 Å². The summed E-state index contributed by atoms with van der Waals surface area (Å²) in [6.45, 7) is 5.30. The van der Waals surface area contributed by atoms with Crippen molar-refractivity contribution in [3.63, 3.8) is 0 Å². The van der Waals surface area contributed by atoms with Gasteiger partial charge in [0.05, 0.1) is 19.6 Å². The predicted molar refractivity (Wildman–Crippen MR) is 101 cm³/mol. The molecule has 0 saturated carbocycles. The lowest BCUT2D eigenvalue weighted by Gasteiger charge is -2.33. The van der Waals surface area contributed by atoms with Gasteiger partial charge in [0.2, 0.25) is 0 Å². The summed E-state index contributed by atoms with van der Waals surface area (Å²) in [6, 6.07) is 2.10. The molecule has 0 unspecified atom stereocenters. The molecule has 0 bridgehead atoms. The highest BCUT2D eigenvalue weighted by atomic mass is 127. The molecule has 0 spiro atoms. The van der Waals surface area contributed by atoms with E-state index in [2.05, 4.69) is 34.0 Å². The van der Waals surface area contributed by atoms with Gasteiger partial charge in [0, 0.05) is 19.6 Å². The van der Waals surface area contributed by atoms with E-state index in [9.17, 15) is 4.79 Å². The number of piperidine rings is 1. The predicted octanol–water partition coefficient (Wildman–Crippen LogP) is 2.72. The highest BCUT2D eigenvalue weighted by Crippen LogP contribution is 2.18. The number of esters is 1. The number of ether oxygens (including phenoxy) is 1. The third kappa shape index (κ3) is 5.42. The van der Waals surface area contributed by atoms with Gasteiger partial charge < -0.3 is 15.0 Å². The second-order valence-electron chi connectivity index (χ2n) is 5.09. The molecular weight excluding hydrogens is 413 g/mol. The lowest BCUT2D eigenvalue weighted by Crippen LogP contribution is -2.46. The standard InChI is InChI=1S/C15H23N3O2S.HI/c1-3-16-15(17-10-12-6-9-21-11-12)18-7-4-13(5-8-18)14(19)20-2;/h6,9,11,13H,3-5,7-8,10H2,1-2H3,(H,16,17);1H. The van der Waals surface area contributed by atoms with Crippen molar-refractivity contribution in [2.24, 2.45) is 10.9 Å². The van der Waals surface area contributed by atoms with Gasteiger partial charge >= 0.3 is 5.97 Å². The summed E-state index contributed by atoms with van der Waals surface area (Å²) in [7, 11) is 1.46. The number of hydrogen-bond donors (Lipinski definition) is 1. The molecule has 7 heteroatoms. The Morgan fingerprint density at radius 2 is 2.23 bits per heavy atom. The third-order valence-corrected chi connectivity index (χ3v) is 4.39. The minimum atomic E-state index is -0.0881.